The molecule has 2 rings (SSSR count). The van der Waals surface area contributed by atoms with E-state index in [-0.39, 0.29) is 36.0 Å². The van der Waals surface area contributed by atoms with E-state index in [1.54, 1.807) is 13.1 Å². The Bertz CT molecular complexity index is 859. The van der Waals surface area contributed by atoms with Gasteiger partial charge in [-0.3, -0.25) is 9.79 Å². The first-order valence-corrected chi connectivity index (χ1v) is 9.84. The molecule has 0 aromatic heterocycles. The number of aliphatic imine (C=N–C) groups is 1. The summed E-state index contributed by atoms with van der Waals surface area (Å²) in [7, 11) is 1.74. The number of rotatable bonds is 9. The number of amides is 1. The minimum Gasteiger partial charge on any atom is -0.484 e. The Morgan fingerprint density at radius 2 is 1.83 bits per heavy atom. The van der Waals surface area contributed by atoms with E-state index >= 15 is 0 Å². The third-order valence-corrected chi connectivity index (χ3v) is 4.50. The van der Waals surface area contributed by atoms with Gasteiger partial charge < -0.3 is 21.1 Å². The molecule has 0 spiro atoms. The molecule has 0 atom stereocenters. The molecule has 0 aliphatic rings. The van der Waals surface area contributed by atoms with Crippen molar-refractivity contribution in [2.75, 3.05) is 20.2 Å². The van der Waals surface area contributed by atoms with Gasteiger partial charge in [-0.2, -0.15) is 0 Å². The molecule has 0 heterocycles. The van der Waals surface area contributed by atoms with Crippen LogP contribution in [0.3, 0.4) is 0 Å². The molecule has 6 nitrogen and oxygen atoms in total. The van der Waals surface area contributed by atoms with E-state index in [0.29, 0.717) is 18.3 Å². The predicted octanol–water partition coefficient (Wildman–Crippen LogP) is 3.76. The summed E-state index contributed by atoms with van der Waals surface area (Å²) in [4.78, 5) is 15.1. The number of benzene rings is 2. The number of halogens is 2. The van der Waals surface area contributed by atoms with Crippen LogP contribution in [-0.4, -0.2) is 32.1 Å². The van der Waals surface area contributed by atoms with Crippen molar-refractivity contribution in [1.82, 2.24) is 10.6 Å². The first-order valence-electron chi connectivity index (χ1n) is 9.46. The van der Waals surface area contributed by atoms with Crippen LogP contribution in [0.15, 0.2) is 53.5 Å². The van der Waals surface area contributed by atoms with Crippen molar-refractivity contribution in [3.8, 4) is 5.75 Å². The van der Waals surface area contributed by atoms with Gasteiger partial charge in [-0.15, -0.1) is 24.0 Å². The second-order valence-corrected chi connectivity index (χ2v) is 8.09. The number of hydrogen-bond donors (Lipinski definition) is 3. The van der Waals surface area contributed by atoms with Crippen LogP contribution in [0.25, 0.3) is 0 Å². The molecule has 2 aromatic carbocycles. The van der Waals surface area contributed by atoms with Gasteiger partial charge in [0.25, 0.3) is 5.91 Å². The van der Waals surface area contributed by atoms with Crippen molar-refractivity contribution in [1.29, 1.82) is 0 Å². The zero-order chi connectivity index (χ0) is 21.3. The lowest BCUT2D eigenvalue weighted by atomic mass is 9.86. The van der Waals surface area contributed by atoms with E-state index < -0.39 is 5.91 Å². The second-order valence-electron chi connectivity index (χ2n) is 7.65. The molecule has 2 aromatic rings. The number of nitrogens with one attached hydrogen (secondary N) is 2. The smallest absolute Gasteiger partial charge is 0.255 e. The third-order valence-electron chi connectivity index (χ3n) is 4.27. The highest BCUT2D eigenvalue weighted by molar-refractivity contribution is 14.0. The fraction of sp³-hybridized carbons (Fsp3) is 0.364. The zero-order valence-electron chi connectivity index (χ0n) is 17.6. The van der Waals surface area contributed by atoms with Gasteiger partial charge in [0.05, 0.1) is 0 Å². The van der Waals surface area contributed by atoms with Gasteiger partial charge in [-0.05, 0) is 47.2 Å². The van der Waals surface area contributed by atoms with Crippen molar-refractivity contribution in [2.24, 2.45) is 16.1 Å². The minimum absolute atomic E-state index is 0. The highest BCUT2D eigenvalue weighted by atomic mass is 127. The molecule has 0 aliphatic heterocycles. The topological polar surface area (TPSA) is 88.7 Å². The first-order chi connectivity index (χ1) is 13.8. The Hall–Kier alpha value is -2.00. The van der Waals surface area contributed by atoms with E-state index in [0.717, 1.165) is 23.6 Å². The number of nitrogens with two attached hydrogens (primary N) is 1. The van der Waals surface area contributed by atoms with Gasteiger partial charge in [0, 0.05) is 25.2 Å². The molecule has 164 valence electrons. The average Bonchev–Trinajstić information content (AvgIpc) is 2.66. The largest absolute Gasteiger partial charge is 0.484 e. The maximum absolute atomic E-state index is 10.9. The number of hydrogen-bond acceptors (Lipinski definition) is 3. The van der Waals surface area contributed by atoms with Crippen LogP contribution in [0.1, 0.15) is 25.0 Å². The monoisotopic (exact) mass is 544 g/mol. The molecule has 0 saturated carbocycles. The van der Waals surface area contributed by atoms with Crippen LogP contribution < -0.4 is 21.1 Å². The summed E-state index contributed by atoms with van der Waals surface area (Å²) in [6, 6.07) is 15.5. The van der Waals surface area contributed by atoms with Crippen molar-refractivity contribution in [3.05, 3.63) is 64.7 Å². The quantitative estimate of drug-likeness (QED) is 0.255. The number of primary amides is 1. The molecule has 0 saturated heterocycles. The van der Waals surface area contributed by atoms with E-state index in [4.69, 9.17) is 22.1 Å². The highest BCUT2D eigenvalue weighted by Crippen LogP contribution is 2.22. The summed E-state index contributed by atoms with van der Waals surface area (Å²) in [5.41, 5.74) is 7.35. The molecule has 1 amide bonds. The summed E-state index contributed by atoms with van der Waals surface area (Å²) in [6.07, 6.45) is 0.900. The number of carbonyl (C=O) groups excluding carboxylic acids is 1. The second kappa shape index (κ2) is 12.6. The first kappa shape index (κ1) is 26.0. The molecule has 0 aliphatic carbocycles. The van der Waals surface area contributed by atoms with Crippen molar-refractivity contribution < 1.29 is 9.53 Å². The standard InChI is InChI=1S/C22H29ClN4O2.HI/c1-22(2,12-16-6-4-8-18(23)10-16)15-27-21(25-3)26-13-17-7-5-9-19(11-17)29-14-20(24)28;/h4-11H,12-15H2,1-3H3,(H2,24,28)(H2,25,26,27);1H. The summed E-state index contributed by atoms with van der Waals surface area (Å²) in [6.45, 7) is 5.59. The lowest BCUT2D eigenvalue weighted by Crippen LogP contribution is -2.42. The van der Waals surface area contributed by atoms with Crippen LogP contribution in [-0.2, 0) is 17.8 Å². The van der Waals surface area contributed by atoms with Gasteiger partial charge in [-0.25, -0.2) is 0 Å². The molecular formula is C22H30ClIN4O2. The van der Waals surface area contributed by atoms with Crippen LogP contribution in [0.2, 0.25) is 5.02 Å². The Kier molecular flexibility index (Phi) is 11.0. The van der Waals surface area contributed by atoms with Crippen molar-refractivity contribution in [2.45, 2.75) is 26.8 Å². The number of guanidine groups is 1. The number of ether oxygens (including phenoxy) is 1. The Labute approximate surface area is 200 Å². The molecule has 0 unspecified atom stereocenters. The predicted molar refractivity (Wildman–Crippen MR) is 134 cm³/mol. The van der Waals surface area contributed by atoms with Crippen molar-refractivity contribution in [3.63, 3.8) is 0 Å². The molecule has 30 heavy (non-hydrogen) atoms. The number of carbonyl (C=O) groups is 1. The summed E-state index contributed by atoms with van der Waals surface area (Å²) >= 11 is 6.09. The molecule has 0 fully saturated rings. The third kappa shape index (κ3) is 9.67. The van der Waals surface area contributed by atoms with Gasteiger partial charge in [0.1, 0.15) is 5.75 Å². The van der Waals surface area contributed by atoms with Crippen molar-refractivity contribution >= 4 is 47.4 Å². The minimum atomic E-state index is -0.501. The molecule has 0 radical (unpaired) electrons. The van der Waals surface area contributed by atoms with E-state index in [2.05, 4.69) is 35.5 Å². The van der Waals surface area contributed by atoms with Gasteiger partial charge >= 0.3 is 0 Å². The summed E-state index contributed by atoms with van der Waals surface area (Å²) in [5, 5.41) is 7.43. The van der Waals surface area contributed by atoms with Crippen LogP contribution in [0, 0.1) is 5.41 Å². The summed E-state index contributed by atoms with van der Waals surface area (Å²) in [5.74, 6) is 0.819. The van der Waals surface area contributed by atoms with Gasteiger partial charge in [0.15, 0.2) is 12.6 Å². The SMILES string of the molecule is CN=C(NCc1cccc(OCC(N)=O)c1)NCC(C)(C)Cc1cccc(Cl)c1.I. The van der Waals surface area contributed by atoms with Crippen LogP contribution in [0.4, 0.5) is 0 Å². The Morgan fingerprint density at radius 3 is 2.50 bits per heavy atom. The normalized spacial score (nSPS) is 11.4. The highest BCUT2D eigenvalue weighted by Gasteiger charge is 2.19. The van der Waals surface area contributed by atoms with Crippen LogP contribution in [0.5, 0.6) is 5.75 Å². The summed E-state index contributed by atoms with van der Waals surface area (Å²) < 4.78 is 5.34. The fourth-order valence-electron chi connectivity index (χ4n) is 2.89. The van der Waals surface area contributed by atoms with Gasteiger partial charge in [-0.1, -0.05) is 49.7 Å². The zero-order valence-corrected chi connectivity index (χ0v) is 20.7. The number of nitrogens with zero attached hydrogens (tertiary/aromatic N) is 1. The maximum Gasteiger partial charge on any atom is 0.255 e. The molecule has 8 heteroatoms. The Balaban J connectivity index is 0.00000450. The molecular weight excluding hydrogens is 515 g/mol. The fourth-order valence-corrected chi connectivity index (χ4v) is 3.10. The molecule has 0 bridgehead atoms. The van der Waals surface area contributed by atoms with E-state index in [1.165, 1.54) is 5.56 Å². The maximum atomic E-state index is 10.9. The lowest BCUT2D eigenvalue weighted by Gasteiger charge is -2.26. The van der Waals surface area contributed by atoms with Gasteiger partial charge in [0.2, 0.25) is 0 Å². The average molecular weight is 545 g/mol. The van der Waals surface area contributed by atoms with Crippen LogP contribution >= 0.6 is 35.6 Å². The van der Waals surface area contributed by atoms with E-state index in [1.807, 2.05) is 36.4 Å². The lowest BCUT2D eigenvalue weighted by molar-refractivity contribution is -0.119. The van der Waals surface area contributed by atoms with E-state index in [9.17, 15) is 4.79 Å². The molecule has 4 N–H and O–H groups in total. The Morgan fingerprint density at radius 1 is 1.13 bits per heavy atom.